The monoisotopic (exact) mass is 529 g/mol. The minimum Gasteiger partial charge on any atom is -0.492 e. The molecule has 0 saturated carbocycles. The Kier molecular flexibility index (Phi) is 9.09. The summed E-state index contributed by atoms with van der Waals surface area (Å²) in [6.07, 6.45) is 0.662. The third kappa shape index (κ3) is 6.08. The van der Waals surface area contributed by atoms with Crippen molar-refractivity contribution < 1.29 is 23.9 Å². The molecule has 2 aromatic rings. The van der Waals surface area contributed by atoms with Crippen molar-refractivity contribution in [2.75, 3.05) is 18.5 Å². The van der Waals surface area contributed by atoms with E-state index in [1.54, 1.807) is 13.8 Å². The van der Waals surface area contributed by atoms with Crippen LogP contribution in [0.1, 0.15) is 63.4 Å². The number of ketones is 1. The third-order valence-electron chi connectivity index (χ3n) is 4.57. The van der Waals surface area contributed by atoms with Gasteiger partial charge in [0.15, 0.2) is 5.78 Å². The first kappa shape index (κ1) is 25.4. The van der Waals surface area contributed by atoms with E-state index in [2.05, 4.69) is 21.2 Å². The molecule has 0 bridgehead atoms. The minimum atomic E-state index is -0.555. The van der Waals surface area contributed by atoms with Crippen LogP contribution in [-0.2, 0) is 9.53 Å². The van der Waals surface area contributed by atoms with Gasteiger partial charge in [-0.15, -0.1) is 11.3 Å². The summed E-state index contributed by atoms with van der Waals surface area (Å²) in [5.41, 5.74) is 2.57. The smallest absolute Gasteiger partial charge is 0.341 e. The molecule has 168 valence electrons. The molecule has 0 atom stereocenters. The molecule has 1 N–H and O–H groups in total. The Morgan fingerprint density at radius 2 is 1.87 bits per heavy atom. The summed E-state index contributed by atoms with van der Waals surface area (Å²) in [4.78, 5) is 37.1. The molecule has 9 heteroatoms. The highest BCUT2D eigenvalue weighted by molar-refractivity contribution is 9.10. The molecule has 0 aliphatic carbocycles. The Bertz CT molecular complexity index is 1020. The quantitative estimate of drug-likeness (QED) is 0.235. The second kappa shape index (κ2) is 11.1. The van der Waals surface area contributed by atoms with Crippen molar-refractivity contribution in [3.8, 4) is 5.75 Å². The second-order valence-electron chi connectivity index (χ2n) is 6.98. The van der Waals surface area contributed by atoms with Crippen molar-refractivity contribution >= 4 is 61.5 Å². The highest BCUT2D eigenvalue weighted by Crippen LogP contribution is 2.36. The van der Waals surface area contributed by atoms with Crippen LogP contribution in [-0.4, -0.2) is 30.9 Å². The summed E-state index contributed by atoms with van der Waals surface area (Å²) >= 11 is 10.8. The van der Waals surface area contributed by atoms with E-state index in [9.17, 15) is 14.4 Å². The molecule has 6 nitrogen and oxygen atoms in total. The largest absolute Gasteiger partial charge is 0.492 e. The Labute approximate surface area is 199 Å². The van der Waals surface area contributed by atoms with Gasteiger partial charge in [0, 0.05) is 11.4 Å². The average Bonchev–Trinajstić information content (AvgIpc) is 3.03. The fourth-order valence-corrected chi connectivity index (χ4v) is 4.79. The molecule has 0 unspecified atom stereocenters. The lowest BCUT2D eigenvalue weighted by Crippen LogP contribution is -2.15. The number of hydrogen-bond donors (Lipinski definition) is 1. The molecule has 0 saturated heterocycles. The van der Waals surface area contributed by atoms with Gasteiger partial charge in [-0.2, -0.15) is 0 Å². The number of thiophene rings is 1. The molecule has 1 aromatic heterocycles. The van der Waals surface area contributed by atoms with Gasteiger partial charge in [0.05, 0.1) is 28.1 Å². The lowest BCUT2D eigenvalue weighted by atomic mass is 10.1. The van der Waals surface area contributed by atoms with Gasteiger partial charge in [0.2, 0.25) is 5.91 Å². The van der Waals surface area contributed by atoms with Gasteiger partial charge in [-0.3, -0.25) is 9.59 Å². The van der Waals surface area contributed by atoms with Crippen molar-refractivity contribution in [1.82, 2.24) is 0 Å². The van der Waals surface area contributed by atoms with Crippen LogP contribution in [0.15, 0.2) is 10.5 Å². The molecule has 1 amide bonds. The molecule has 0 spiro atoms. The van der Waals surface area contributed by atoms with E-state index in [0.29, 0.717) is 39.2 Å². The molecule has 0 fully saturated rings. The van der Waals surface area contributed by atoms with Crippen LogP contribution < -0.4 is 10.1 Å². The number of nitrogens with one attached hydrogen (secondary N) is 1. The first-order chi connectivity index (χ1) is 14.6. The average molecular weight is 531 g/mol. The van der Waals surface area contributed by atoms with Crippen molar-refractivity contribution in [3.05, 3.63) is 42.7 Å². The minimum absolute atomic E-state index is 0.166. The van der Waals surface area contributed by atoms with Crippen LogP contribution in [0.2, 0.25) is 5.02 Å². The number of aryl methyl sites for hydroxylation is 1. The number of halogens is 2. The molecule has 0 aliphatic rings. The van der Waals surface area contributed by atoms with E-state index in [1.807, 2.05) is 19.9 Å². The zero-order chi connectivity index (χ0) is 23.3. The van der Waals surface area contributed by atoms with Crippen molar-refractivity contribution in [1.29, 1.82) is 0 Å². The van der Waals surface area contributed by atoms with Crippen molar-refractivity contribution in [3.63, 3.8) is 0 Å². The van der Waals surface area contributed by atoms with Crippen molar-refractivity contribution in [2.45, 2.75) is 47.5 Å². The molecular weight excluding hydrogens is 506 g/mol. The van der Waals surface area contributed by atoms with E-state index in [1.165, 1.54) is 6.92 Å². The fraction of sp³-hybridized carbons (Fsp3) is 0.409. The summed E-state index contributed by atoms with van der Waals surface area (Å²) in [6, 6.07) is 1.85. The summed E-state index contributed by atoms with van der Waals surface area (Å²) in [5.74, 6) is -0.320. The van der Waals surface area contributed by atoms with E-state index < -0.39 is 5.97 Å². The van der Waals surface area contributed by atoms with Crippen LogP contribution in [0.4, 0.5) is 5.00 Å². The van der Waals surface area contributed by atoms with Crippen LogP contribution in [0, 0.1) is 20.8 Å². The summed E-state index contributed by atoms with van der Waals surface area (Å²) in [7, 11) is 0. The van der Waals surface area contributed by atoms with Crippen LogP contribution >= 0.6 is 38.9 Å². The van der Waals surface area contributed by atoms with Crippen LogP contribution in [0.5, 0.6) is 5.75 Å². The van der Waals surface area contributed by atoms with Crippen molar-refractivity contribution in [2.24, 2.45) is 0 Å². The number of benzene rings is 1. The highest BCUT2D eigenvalue weighted by atomic mass is 79.9. The Morgan fingerprint density at radius 3 is 2.48 bits per heavy atom. The van der Waals surface area contributed by atoms with E-state index >= 15 is 0 Å². The molecular formula is C22H25BrClNO5S. The topological polar surface area (TPSA) is 81.7 Å². The summed E-state index contributed by atoms with van der Waals surface area (Å²) in [5, 5.41) is 3.77. The molecule has 0 radical (unpaired) electrons. The van der Waals surface area contributed by atoms with E-state index in [-0.39, 0.29) is 30.3 Å². The third-order valence-corrected chi connectivity index (χ3v) is 7.45. The number of hydrogen-bond acceptors (Lipinski definition) is 6. The van der Waals surface area contributed by atoms with Gasteiger partial charge in [-0.25, -0.2) is 4.79 Å². The maximum Gasteiger partial charge on any atom is 0.341 e. The Morgan fingerprint density at radius 1 is 1.19 bits per heavy atom. The SMILES string of the molecule is CCOC(=O)c1c(NC(=O)CCCOc2cc(C)c(Cl)c(C)c2Br)sc(C(C)=O)c1C. The van der Waals surface area contributed by atoms with E-state index in [0.717, 1.165) is 26.9 Å². The lowest BCUT2D eigenvalue weighted by molar-refractivity contribution is -0.116. The number of ether oxygens (including phenoxy) is 2. The molecule has 2 rings (SSSR count). The van der Waals surface area contributed by atoms with E-state index in [4.69, 9.17) is 21.1 Å². The van der Waals surface area contributed by atoms with Gasteiger partial charge in [0.25, 0.3) is 0 Å². The predicted molar refractivity (Wildman–Crippen MR) is 127 cm³/mol. The fourth-order valence-electron chi connectivity index (χ4n) is 3.00. The number of rotatable bonds is 9. The first-order valence-corrected chi connectivity index (χ1v) is 11.8. The van der Waals surface area contributed by atoms with Gasteiger partial charge in [-0.1, -0.05) is 11.6 Å². The molecule has 1 heterocycles. The zero-order valence-electron chi connectivity index (χ0n) is 18.1. The molecule has 31 heavy (non-hydrogen) atoms. The number of carbonyl (C=O) groups excluding carboxylic acids is 3. The number of esters is 1. The number of anilines is 1. The molecule has 1 aromatic carbocycles. The van der Waals surface area contributed by atoms with Crippen LogP contribution in [0.3, 0.4) is 0 Å². The second-order valence-corrected chi connectivity index (χ2v) is 9.17. The van der Waals surface area contributed by atoms with Gasteiger partial charge < -0.3 is 14.8 Å². The predicted octanol–water partition coefficient (Wildman–Crippen LogP) is 6.27. The number of amides is 1. The number of Topliss-reactive ketones (excluding diaryl/α,β-unsaturated/α-hetero) is 1. The van der Waals surface area contributed by atoms with Gasteiger partial charge in [-0.05, 0) is 79.7 Å². The first-order valence-electron chi connectivity index (χ1n) is 9.77. The van der Waals surface area contributed by atoms with Gasteiger partial charge in [0.1, 0.15) is 10.8 Å². The standard InChI is InChI=1S/C22H25BrClNO5S/c1-6-29-22(28)17-12(3)20(14(5)26)31-21(17)25-16(27)8-7-9-30-15-10-11(2)19(24)13(4)18(15)23/h10H,6-9H2,1-5H3,(H,25,27). The zero-order valence-corrected chi connectivity index (χ0v) is 21.3. The van der Waals surface area contributed by atoms with Crippen LogP contribution in [0.25, 0.3) is 0 Å². The van der Waals surface area contributed by atoms with Gasteiger partial charge >= 0.3 is 5.97 Å². The molecule has 0 aliphatic heterocycles. The highest BCUT2D eigenvalue weighted by Gasteiger charge is 2.25. The maximum atomic E-state index is 12.4. The normalized spacial score (nSPS) is 10.7. The maximum absolute atomic E-state index is 12.4. The summed E-state index contributed by atoms with van der Waals surface area (Å²) < 4.78 is 11.7. The summed E-state index contributed by atoms with van der Waals surface area (Å²) in [6.45, 7) is 9.14. The Balaban J connectivity index is 2.01. The lowest BCUT2D eigenvalue weighted by Gasteiger charge is -2.13. The Hall–Kier alpha value is -1.90. The number of carbonyl (C=O) groups is 3.